The van der Waals surface area contributed by atoms with Crippen molar-refractivity contribution in [3.05, 3.63) is 29.3 Å². The van der Waals surface area contributed by atoms with Crippen LogP contribution in [-0.4, -0.2) is 12.6 Å². The van der Waals surface area contributed by atoms with Crippen LogP contribution in [0.25, 0.3) is 0 Å². The summed E-state index contributed by atoms with van der Waals surface area (Å²) in [4.78, 5) is 0. The van der Waals surface area contributed by atoms with Crippen molar-refractivity contribution >= 4 is 5.69 Å². The summed E-state index contributed by atoms with van der Waals surface area (Å²) in [6.45, 7) is 5.39. The van der Waals surface area contributed by atoms with Gasteiger partial charge < -0.3 is 11.1 Å². The van der Waals surface area contributed by atoms with Crippen LogP contribution in [0.5, 0.6) is 0 Å². The van der Waals surface area contributed by atoms with Gasteiger partial charge in [-0.3, -0.25) is 0 Å². The van der Waals surface area contributed by atoms with Crippen molar-refractivity contribution in [1.29, 1.82) is 0 Å². The summed E-state index contributed by atoms with van der Waals surface area (Å²) < 4.78 is 0. The Labute approximate surface area is 105 Å². The van der Waals surface area contributed by atoms with Gasteiger partial charge in [0, 0.05) is 18.3 Å². The second kappa shape index (κ2) is 5.54. The van der Waals surface area contributed by atoms with E-state index in [1.807, 2.05) is 0 Å². The van der Waals surface area contributed by atoms with E-state index in [9.17, 15) is 0 Å². The molecule has 0 unspecified atom stereocenters. The van der Waals surface area contributed by atoms with Crippen LogP contribution in [-0.2, 0) is 0 Å². The molecule has 94 valence electrons. The van der Waals surface area contributed by atoms with Crippen LogP contribution in [0, 0.1) is 19.8 Å². The highest BCUT2D eigenvalue weighted by molar-refractivity contribution is 5.48. The van der Waals surface area contributed by atoms with Crippen LogP contribution >= 0.6 is 0 Å². The Balaban J connectivity index is 1.85. The van der Waals surface area contributed by atoms with Crippen molar-refractivity contribution in [3.8, 4) is 0 Å². The molecule has 0 aromatic heterocycles. The summed E-state index contributed by atoms with van der Waals surface area (Å²) in [6, 6.07) is 7.11. The molecule has 2 rings (SSSR count). The fourth-order valence-electron chi connectivity index (χ4n) is 2.73. The highest BCUT2D eigenvalue weighted by atomic mass is 14.9. The highest BCUT2D eigenvalue weighted by Crippen LogP contribution is 2.24. The molecule has 0 amide bonds. The van der Waals surface area contributed by atoms with Crippen molar-refractivity contribution in [3.63, 3.8) is 0 Å². The van der Waals surface area contributed by atoms with E-state index in [1.165, 1.54) is 42.5 Å². The SMILES string of the molecule is Cc1cc(C)cc(NCC2CCC(N)CC2)c1. The first-order valence-corrected chi connectivity index (χ1v) is 6.71. The fraction of sp³-hybridized carbons (Fsp3) is 0.600. The number of anilines is 1. The zero-order valence-corrected chi connectivity index (χ0v) is 11.0. The first kappa shape index (κ1) is 12.4. The zero-order valence-electron chi connectivity index (χ0n) is 11.0. The van der Waals surface area contributed by atoms with E-state index in [4.69, 9.17) is 5.73 Å². The standard InChI is InChI=1S/C15H24N2/c1-11-7-12(2)9-15(8-11)17-10-13-3-5-14(16)6-4-13/h7-9,13-14,17H,3-6,10,16H2,1-2H3. The molecule has 1 aromatic rings. The number of rotatable bonds is 3. The van der Waals surface area contributed by atoms with Gasteiger partial charge in [0.15, 0.2) is 0 Å². The van der Waals surface area contributed by atoms with E-state index in [0.29, 0.717) is 6.04 Å². The molecule has 1 aliphatic carbocycles. The normalized spacial score (nSPS) is 24.6. The monoisotopic (exact) mass is 232 g/mol. The molecule has 0 heterocycles. The quantitative estimate of drug-likeness (QED) is 0.839. The molecule has 0 atom stereocenters. The lowest BCUT2D eigenvalue weighted by atomic mass is 9.86. The van der Waals surface area contributed by atoms with E-state index < -0.39 is 0 Å². The lowest BCUT2D eigenvalue weighted by Gasteiger charge is -2.26. The maximum absolute atomic E-state index is 5.92. The van der Waals surface area contributed by atoms with Crippen molar-refractivity contribution in [1.82, 2.24) is 0 Å². The average molecular weight is 232 g/mol. The number of hydrogen-bond acceptors (Lipinski definition) is 2. The third kappa shape index (κ3) is 3.74. The molecule has 17 heavy (non-hydrogen) atoms. The third-order valence-corrected chi connectivity index (χ3v) is 3.71. The van der Waals surface area contributed by atoms with Crippen LogP contribution in [0.2, 0.25) is 0 Å². The van der Waals surface area contributed by atoms with Crippen LogP contribution < -0.4 is 11.1 Å². The first-order valence-electron chi connectivity index (χ1n) is 6.71. The Bertz CT molecular complexity index is 345. The lowest BCUT2D eigenvalue weighted by molar-refractivity contribution is 0.339. The fourth-order valence-corrected chi connectivity index (χ4v) is 2.73. The van der Waals surface area contributed by atoms with Gasteiger partial charge in [0.05, 0.1) is 0 Å². The molecule has 1 aliphatic rings. The summed E-state index contributed by atoms with van der Waals surface area (Å²) in [5, 5.41) is 3.57. The summed E-state index contributed by atoms with van der Waals surface area (Å²) in [6.07, 6.45) is 4.94. The minimum atomic E-state index is 0.451. The van der Waals surface area contributed by atoms with E-state index in [-0.39, 0.29) is 0 Å². The topological polar surface area (TPSA) is 38.0 Å². The first-order chi connectivity index (χ1) is 8.13. The van der Waals surface area contributed by atoms with Crippen molar-refractivity contribution in [2.75, 3.05) is 11.9 Å². The minimum absolute atomic E-state index is 0.451. The molecule has 0 saturated heterocycles. The number of nitrogens with one attached hydrogen (secondary N) is 1. The number of hydrogen-bond donors (Lipinski definition) is 2. The number of benzene rings is 1. The van der Waals surface area contributed by atoms with Gasteiger partial charge in [0.1, 0.15) is 0 Å². The highest BCUT2D eigenvalue weighted by Gasteiger charge is 2.17. The van der Waals surface area contributed by atoms with Gasteiger partial charge in [0.2, 0.25) is 0 Å². The van der Waals surface area contributed by atoms with Crippen LogP contribution in [0.1, 0.15) is 36.8 Å². The molecular formula is C15H24N2. The van der Waals surface area contributed by atoms with Crippen LogP contribution in [0.4, 0.5) is 5.69 Å². The molecule has 0 spiro atoms. The Kier molecular flexibility index (Phi) is 4.06. The Morgan fingerprint density at radius 3 is 2.24 bits per heavy atom. The Morgan fingerprint density at radius 1 is 1.06 bits per heavy atom. The molecule has 0 bridgehead atoms. The Hall–Kier alpha value is -1.02. The largest absolute Gasteiger partial charge is 0.385 e. The van der Waals surface area contributed by atoms with E-state index >= 15 is 0 Å². The predicted molar refractivity (Wildman–Crippen MR) is 74.3 cm³/mol. The second-order valence-corrected chi connectivity index (χ2v) is 5.54. The molecule has 1 saturated carbocycles. The molecular weight excluding hydrogens is 208 g/mol. The van der Waals surface area contributed by atoms with E-state index in [0.717, 1.165) is 12.5 Å². The second-order valence-electron chi connectivity index (χ2n) is 5.54. The summed E-state index contributed by atoms with van der Waals surface area (Å²) in [7, 11) is 0. The summed E-state index contributed by atoms with van der Waals surface area (Å²) in [5.74, 6) is 0.801. The molecule has 3 N–H and O–H groups in total. The van der Waals surface area contributed by atoms with Crippen LogP contribution in [0.3, 0.4) is 0 Å². The maximum atomic E-state index is 5.92. The Morgan fingerprint density at radius 2 is 1.65 bits per heavy atom. The molecule has 0 aliphatic heterocycles. The average Bonchev–Trinajstić information content (AvgIpc) is 2.27. The third-order valence-electron chi connectivity index (χ3n) is 3.71. The maximum Gasteiger partial charge on any atom is 0.0345 e. The van der Waals surface area contributed by atoms with Gasteiger partial charge in [-0.05, 0) is 68.7 Å². The minimum Gasteiger partial charge on any atom is -0.385 e. The van der Waals surface area contributed by atoms with Crippen molar-refractivity contribution < 1.29 is 0 Å². The molecule has 1 aromatic carbocycles. The van der Waals surface area contributed by atoms with Crippen molar-refractivity contribution in [2.45, 2.75) is 45.6 Å². The summed E-state index contributed by atoms with van der Waals surface area (Å²) in [5.41, 5.74) is 9.85. The van der Waals surface area contributed by atoms with Gasteiger partial charge in [-0.25, -0.2) is 0 Å². The van der Waals surface area contributed by atoms with Gasteiger partial charge >= 0.3 is 0 Å². The smallest absolute Gasteiger partial charge is 0.0345 e. The number of nitrogens with two attached hydrogens (primary N) is 1. The summed E-state index contributed by atoms with van der Waals surface area (Å²) >= 11 is 0. The van der Waals surface area contributed by atoms with E-state index in [1.54, 1.807) is 0 Å². The van der Waals surface area contributed by atoms with Gasteiger partial charge in [-0.15, -0.1) is 0 Å². The molecule has 1 fully saturated rings. The van der Waals surface area contributed by atoms with Gasteiger partial charge in [-0.2, -0.15) is 0 Å². The zero-order chi connectivity index (χ0) is 12.3. The number of aryl methyl sites for hydroxylation is 2. The van der Waals surface area contributed by atoms with Crippen molar-refractivity contribution in [2.24, 2.45) is 11.7 Å². The van der Waals surface area contributed by atoms with Crippen LogP contribution in [0.15, 0.2) is 18.2 Å². The molecule has 2 heteroatoms. The van der Waals surface area contributed by atoms with Gasteiger partial charge in [0.25, 0.3) is 0 Å². The lowest BCUT2D eigenvalue weighted by Crippen LogP contribution is -2.29. The predicted octanol–water partition coefficient (Wildman–Crippen LogP) is 3.23. The molecule has 2 nitrogen and oxygen atoms in total. The molecule has 0 radical (unpaired) electrons. The van der Waals surface area contributed by atoms with Gasteiger partial charge in [-0.1, -0.05) is 6.07 Å². The van der Waals surface area contributed by atoms with E-state index in [2.05, 4.69) is 37.4 Å².